The van der Waals surface area contributed by atoms with Crippen LogP contribution in [0.2, 0.25) is 0 Å². The fourth-order valence-electron chi connectivity index (χ4n) is 3.34. The van der Waals surface area contributed by atoms with Crippen molar-refractivity contribution in [1.29, 1.82) is 0 Å². The average molecular weight is 301 g/mol. The van der Waals surface area contributed by atoms with Gasteiger partial charge in [0.2, 0.25) is 5.91 Å². The fraction of sp³-hybridized carbons (Fsp3) is 0.500. The minimum absolute atomic E-state index is 0.288. The smallest absolute Gasteiger partial charge is 0.227 e. The minimum atomic E-state index is 0.288. The Morgan fingerprint density at radius 3 is 2.71 bits per heavy atom. The van der Waals surface area contributed by atoms with E-state index in [-0.39, 0.29) is 5.91 Å². The van der Waals surface area contributed by atoms with Crippen molar-refractivity contribution in [3.8, 4) is 0 Å². The zero-order valence-electron chi connectivity index (χ0n) is 12.8. The summed E-state index contributed by atoms with van der Waals surface area (Å²) in [7, 11) is 0. The van der Waals surface area contributed by atoms with Gasteiger partial charge < -0.3 is 4.90 Å². The van der Waals surface area contributed by atoms with Crippen LogP contribution in [0.1, 0.15) is 38.7 Å². The normalized spacial score (nSPS) is 23.9. The number of carbonyl (C=O) groups excluding carboxylic acids is 1. The molecule has 0 N–H and O–H groups in total. The average Bonchev–Trinajstić information content (AvgIpc) is 2.70. The van der Waals surface area contributed by atoms with Gasteiger partial charge in [0.15, 0.2) is 0 Å². The standard InChI is InChI=1S/C18H23NOS/c1-13(2)21-17-10-6-14(7-11-17)12-18(20)19-15-4-3-5-16(19)9-8-15/h3-4,6-7,10-11,13,15-16H,5,8-9,12H2,1-2H3. The van der Waals surface area contributed by atoms with Gasteiger partial charge in [-0.2, -0.15) is 0 Å². The van der Waals surface area contributed by atoms with E-state index in [9.17, 15) is 4.79 Å². The van der Waals surface area contributed by atoms with Crippen LogP contribution in [0.5, 0.6) is 0 Å². The summed E-state index contributed by atoms with van der Waals surface area (Å²) in [5.41, 5.74) is 1.13. The van der Waals surface area contributed by atoms with Crippen molar-refractivity contribution in [2.45, 2.75) is 61.8 Å². The Labute approximate surface area is 131 Å². The molecule has 0 aliphatic carbocycles. The quantitative estimate of drug-likeness (QED) is 0.618. The molecule has 0 aromatic heterocycles. The number of thioether (sulfide) groups is 1. The number of hydrogen-bond acceptors (Lipinski definition) is 2. The van der Waals surface area contributed by atoms with Crippen LogP contribution in [0.3, 0.4) is 0 Å². The van der Waals surface area contributed by atoms with Crippen molar-refractivity contribution in [3.05, 3.63) is 42.0 Å². The maximum Gasteiger partial charge on any atom is 0.227 e. The molecule has 0 spiro atoms. The monoisotopic (exact) mass is 301 g/mol. The van der Waals surface area contributed by atoms with Gasteiger partial charge in [-0.3, -0.25) is 4.79 Å². The van der Waals surface area contributed by atoms with Gasteiger partial charge in [-0.25, -0.2) is 0 Å². The highest BCUT2D eigenvalue weighted by molar-refractivity contribution is 7.99. The summed E-state index contributed by atoms with van der Waals surface area (Å²) >= 11 is 1.86. The Morgan fingerprint density at radius 1 is 1.29 bits per heavy atom. The molecule has 0 saturated carbocycles. The Kier molecular flexibility index (Phi) is 4.39. The first-order valence-corrected chi connectivity index (χ1v) is 8.75. The van der Waals surface area contributed by atoms with Gasteiger partial charge in [0.1, 0.15) is 0 Å². The van der Waals surface area contributed by atoms with Gasteiger partial charge in [-0.1, -0.05) is 38.1 Å². The Hall–Kier alpha value is -1.22. The number of carbonyl (C=O) groups is 1. The first kappa shape index (κ1) is 14.7. The Morgan fingerprint density at radius 2 is 2.05 bits per heavy atom. The minimum Gasteiger partial charge on any atom is -0.333 e. The van der Waals surface area contributed by atoms with Crippen LogP contribution in [0.4, 0.5) is 0 Å². The van der Waals surface area contributed by atoms with Gasteiger partial charge in [0, 0.05) is 16.2 Å². The van der Waals surface area contributed by atoms with E-state index in [1.54, 1.807) is 0 Å². The molecule has 3 rings (SSSR count). The highest BCUT2D eigenvalue weighted by Gasteiger charge is 2.36. The topological polar surface area (TPSA) is 20.3 Å². The molecular formula is C18H23NOS. The summed E-state index contributed by atoms with van der Waals surface area (Å²) in [6.07, 6.45) is 8.32. The lowest BCUT2D eigenvalue weighted by molar-refractivity contribution is -0.132. The van der Waals surface area contributed by atoms with Crippen LogP contribution >= 0.6 is 11.8 Å². The number of benzene rings is 1. The fourth-order valence-corrected chi connectivity index (χ4v) is 4.18. The molecule has 2 heterocycles. The van der Waals surface area contributed by atoms with E-state index >= 15 is 0 Å². The Balaban J connectivity index is 1.64. The van der Waals surface area contributed by atoms with Gasteiger partial charge in [-0.05, 0) is 37.0 Å². The molecule has 2 aliphatic rings. The van der Waals surface area contributed by atoms with Crippen molar-refractivity contribution in [2.75, 3.05) is 0 Å². The van der Waals surface area contributed by atoms with Crippen molar-refractivity contribution in [3.63, 3.8) is 0 Å². The molecule has 1 saturated heterocycles. The summed E-state index contributed by atoms with van der Waals surface area (Å²) in [5.74, 6) is 0.288. The van der Waals surface area contributed by atoms with Crippen LogP contribution < -0.4 is 0 Å². The van der Waals surface area contributed by atoms with Crippen LogP contribution in [-0.4, -0.2) is 28.1 Å². The molecule has 21 heavy (non-hydrogen) atoms. The number of hydrogen-bond donors (Lipinski definition) is 0. The van der Waals surface area contributed by atoms with E-state index in [1.165, 1.54) is 4.90 Å². The van der Waals surface area contributed by atoms with Crippen molar-refractivity contribution in [1.82, 2.24) is 4.90 Å². The van der Waals surface area contributed by atoms with E-state index in [4.69, 9.17) is 0 Å². The third kappa shape index (κ3) is 3.34. The first-order valence-electron chi connectivity index (χ1n) is 7.87. The van der Waals surface area contributed by atoms with Crippen LogP contribution in [0.25, 0.3) is 0 Å². The Bertz CT molecular complexity index is 535. The van der Waals surface area contributed by atoms with Crippen LogP contribution in [0.15, 0.2) is 41.3 Å². The van der Waals surface area contributed by atoms with E-state index in [0.29, 0.717) is 23.8 Å². The lowest BCUT2D eigenvalue weighted by Gasteiger charge is -2.31. The summed E-state index contributed by atoms with van der Waals surface area (Å²) in [5, 5.41) is 0.591. The molecule has 1 aromatic rings. The molecule has 0 radical (unpaired) electrons. The number of rotatable bonds is 4. The predicted molar refractivity (Wildman–Crippen MR) is 88.6 cm³/mol. The van der Waals surface area contributed by atoms with Crippen molar-refractivity contribution < 1.29 is 4.79 Å². The molecular weight excluding hydrogens is 278 g/mol. The number of amides is 1. The largest absolute Gasteiger partial charge is 0.333 e. The SMILES string of the molecule is CC(C)Sc1ccc(CC(=O)N2C3C=CCC2CC3)cc1. The highest BCUT2D eigenvalue weighted by atomic mass is 32.2. The summed E-state index contributed by atoms with van der Waals surface area (Å²) in [4.78, 5) is 16.0. The van der Waals surface area contributed by atoms with Gasteiger partial charge in [-0.15, -0.1) is 11.8 Å². The molecule has 2 aliphatic heterocycles. The van der Waals surface area contributed by atoms with E-state index in [1.807, 2.05) is 11.8 Å². The van der Waals surface area contributed by atoms with Crippen molar-refractivity contribution in [2.24, 2.45) is 0 Å². The van der Waals surface area contributed by atoms with Gasteiger partial charge in [0.25, 0.3) is 0 Å². The lowest BCUT2D eigenvalue weighted by atomic mass is 10.1. The van der Waals surface area contributed by atoms with Crippen molar-refractivity contribution >= 4 is 17.7 Å². The lowest BCUT2D eigenvalue weighted by Crippen LogP contribution is -2.42. The highest BCUT2D eigenvalue weighted by Crippen LogP contribution is 2.32. The van der Waals surface area contributed by atoms with E-state index in [0.717, 1.165) is 24.8 Å². The summed E-state index contributed by atoms with van der Waals surface area (Å²) in [6, 6.07) is 9.28. The molecule has 112 valence electrons. The second kappa shape index (κ2) is 6.27. The van der Waals surface area contributed by atoms with E-state index < -0.39 is 0 Å². The number of fused-ring (bicyclic) bond motifs is 2. The van der Waals surface area contributed by atoms with E-state index in [2.05, 4.69) is 55.2 Å². The summed E-state index contributed by atoms with van der Waals surface area (Å²) in [6.45, 7) is 4.39. The predicted octanol–water partition coefficient (Wildman–Crippen LogP) is 4.05. The molecule has 2 atom stereocenters. The molecule has 2 bridgehead atoms. The van der Waals surface area contributed by atoms with Gasteiger partial charge >= 0.3 is 0 Å². The molecule has 2 nitrogen and oxygen atoms in total. The second-order valence-corrected chi connectivity index (χ2v) is 7.90. The molecule has 1 amide bonds. The van der Waals surface area contributed by atoms with Crippen LogP contribution in [-0.2, 0) is 11.2 Å². The zero-order chi connectivity index (χ0) is 14.8. The zero-order valence-corrected chi connectivity index (χ0v) is 13.6. The van der Waals surface area contributed by atoms with Crippen LogP contribution in [0, 0.1) is 0 Å². The maximum absolute atomic E-state index is 12.6. The first-order chi connectivity index (χ1) is 10.1. The second-order valence-electron chi connectivity index (χ2n) is 6.25. The molecule has 1 fully saturated rings. The third-order valence-corrected chi connectivity index (χ3v) is 5.27. The van der Waals surface area contributed by atoms with Gasteiger partial charge in [0.05, 0.1) is 12.5 Å². The number of nitrogens with zero attached hydrogens (tertiary/aromatic N) is 1. The summed E-state index contributed by atoms with van der Waals surface area (Å²) < 4.78 is 0. The molecule has 2 unspecified atom stereocenters. The molecule has 3 heteroatoms. The maximum atomic E-state index is 12.6. The third-order valence-electron chi connectivity index (χ3n) is 4.25. The molecule has 1 aromatic carbocycles.